The van der Waals surface area contributed by atoms with E-state index in [1.165, 1.54) is 0 Å². The first kappa shape index (κ1) is 15.2. The zero-order chi connectivity index (χ0) is 16.1. The van der Waals surface area contributed by atoms with Gasteiger partial charge in [0.1, 0.15) is 0 Å². The molecule has 2 aromatic carbocycles. The average Bonchev–Trinajstić information content (AvgIpc) is 2.99. The molecule has 0 saturated carbocycles. The Morgan fingerprint density at radius 2 is 1.83 bits per heavy atom. The first-order chi connectivity index (χ1) is 11.2. The minimum Gasteiger partial charge on any atom is -0.373 e. The highest BCUT2D eigenvalue weighted by Gasteiger charge is 2.08. The molecule has 0 fully saturated rings. The molecule has 0 aliphatic heterocycles. The fraction of sp³-hybridized carbons (Fsp3) is 0.211. The lowest BCUT2D eigenvalue weighted by molar-refractivity contribution is -0.120. The number of nitrogens with zero attached hydrogens (tertiary/aromatic N) is 1. The van der Waals surface area contributed by atoms with Crippen molar-refractivity contribution in [1.82, 2.24) is 10.3 Å². The van der Waals surface area contributed by atoms with Gasteiger partial charge in [-0.15, -0.1) is 0 Å². The van der Waals surface area contributed by atoms with E-state index < -0.39 is 0 Å². The van der Waals surface area contributed by atoms with Crippen molar-refractivity contribution in [2.24, 2.45) is 0 Å². The number of aromatic amines is 1. The highest BCUT2D eigenvalue weighted by atomic mass is 16.1. The van der Waals surface area contributed by atoms with Gasteiger partial charge in [0.25, 0.3) is 0 Å². The number of hydrogen-bond acceptors (Lipinski definition) is 2. The number of aromatic nitrogens is 1. The Labute approximate surface area is 136 Å². The molecule has 1 heterocycles. The van der Waals surface area contributed by atoms with Crippen molar-refractivity contribution >= 4 is 22.5 Å². The summed E-state index contributed by atoms with van der Waals surface area (Å²) in [6.07, 6.45) is 2.32. The lowest BCUT2D eigenvalue weighted by Crippen LogP contribution is -2.33. The molecule has 0 saturated heterocycles. The van der Waals surface area contributed by atoms with Crippen LogP contribution in [0.1, 0.15) is 5.56 Å². The number of para-hydroxylation sites is 2. The number of anilines is 1. The van der Waals surface area contributed by atoms with Gasteiger partial charge in [0.2, 0.25) is 5.91 Å². The molecular formula is C19H21N3O. The van der Waals surface area contributed by atoms with E-state index in [1.54, 1.807) is 0 Å². The summed E-state index contributed by atoms with van der Waals surface area (Å²) in [5, 5.41) is 4.11. The van der Waals surface area contributed by atoms with E-state index in [-0.39, 0.29) is 5.91 Å². The van der Waals surface area contributed by atoms with Crippen LogP contribution in [0.25, 0.3) is 10.9 Å². The third kappa shape index (κ3) is 3.72. The van der Waals surface area contributed by atoms with Crippen molar-refractivity contribution in [3.05, 3.63) is 66.4 Å². The van der Waals surface area contributed by atoms with Gasteiger partial charge >= 0.3 is 0 Å². The molecule has 0 aliphatic carbocycles. The number of carbonyl (C=O) groups is 1. The van der Waals surface area contributed by atoms with Crippen molar-refractivity contribution in [2.75, 3.05) is 25.0 Å². The standard InChI is InChI=1S/C19H21N3O/c1-22(16-7-3-2-4-8-16)12-11-20-19(23)13-15-14-21-18-10-6-5-9-17(15)18/h2-10,14,21H,11-13H2,1H3,(H,20,23). The van der Waals surface area contributed by atoms with Crippen LogP contribution in [0.2, 0.25) is 0 Å². The number of H-pyrrole nitrogens is 1. The fourth-order valence-corrected chi connectivity index (χ4v) is 2.69. The van der Waals surface area contributed by atoms with Gasteiger partial charge in [-0.2, -0.15) is 0 Å². The monoisotopic (exact) mass is 307 g/mol. The Morgan fingerprint density at radius 1 is 1.09 bits per heavy atom. The maximum Gasteiger partial charge on any atom is 0.224 e. The molecule has 4 heteroatoms. The van der Waals surface area contributed by atoms with Crippen LogP contribution in [0.5, 0.6) is 0 Å². The summed E-state index contributed by atoms with van der Waals surface area (Å²) < 4.78 is 0. The molecule has 0 spiro atoms. The molecule has 1 amide bonds. The largest absolute Gasteiger partial charge is 0.373 e. The number of rotatable bonds is 6. The Kier molecular flexibility index (Phi) is 4.62. The second kappa shape index (κ2) is 7.01. The predicted octanol–water partition coefficient (Wildman–Crippen LogP) is 2.96. The van der Waals surface area contributed by atoms with Gasteiger partial charge in [0.15, 0.2) is 0 Å². The molecular weight excluding hydrogens is 286 g/mol. The van der Waals surface area contributed by atoms with Crippen LogP contribution in [0.4, 0.5) is 5.69 Å². The highest BCUT2D eigenvalue weighted by molar-refractivity contribution is 5.88. The Bertz CT molecular complexity index is 779. The average molecular weight is 307 g/mol. The number of likely N-dealkylation sites (N-methyl/N-ethyl adjacent to an activating group) is 1. The summed E-state index contributed by atoms with van der Waals surface area (Å²) in [6.45, 7) is 1.41. The van der Waals surface area contributed by atoms with Crippen molar-refractivity contribution < 1.29 is 4.79 Å². The van der Waals surface area contributed by atoms with Crippen molar-refractivity contribution in [3.63, 3.8) is 0 Å². The normalized spacial score (nSPS) is 10.7. The highest BCUT2D eigenvalue weighted by Crippen LogP contribution is 2.17. The predicted molar refractivity (Wildman–Crippen MR) is 94.7 cm³/mol. The molecule has 23 heavy (non-hydrogen) atoms. The second-order valence-electron chi connectivity index (χ2n) is 5.64. The quantitative estimate of drug-likeness (QED) is 0.735. The summed E-state index contributed by atoms with van der Waals surface area (Å²) in [7, 11) is 2.03. The van der Waals surface area contributed by atoms with Crippen LogP contribution in [-0.4, -0.2) is 31.0 Å². The molecule has 1 aromatic heterocycles. The van der Waals surface area contributed by atoms with Crippen LogP contribution < -0.4 is 10.2 Å². The van der Waals surface area contributed by atoms with E-state index in [0.29, 0.717) is 13.0 Å². The van der Waals surface area contributed by atoms with Crippen LogP contribution in [-0.2, 0) is 11.2 Å². The van der Waals surface area contributed by atoms with Crippen LogP contribution in [0, 0.1) is 0 Å². The van der Waals surface area contributed by atoms with E-state index >= 15 is 0 Å². The van der Waals surface area contributed by atoms with Gasteiger partial charge in [-0.05, 0) is 23.8 Å². The summed E-state index contributed by atoms with van der Waals surface area (Å²) in [4.78, 5) is 17.5. The summed E-state index contributed by atoms with van der Waals surface area (Å²) in [5.41, 5.74) is 3.26. The van der Waals surface area contributed by atoms with Crippen LogP contribution >= 0.6 is 0 Å². The molecule has 0 aliphatic rings. The van der Waals surface area contributed by atoms with Crippen LogP contribution in [0.15, 0.2) is 60.8 Å². The van der Waals surface area contributed by atoms with E-state index in [0.717, 1.165) is 28.7 Å². The topological polar surface area (TPSA) is 48.1 Å². The Balaban J connectivity index is 1.50. The minimum absolute atomic E-state index is 0.0521. The molecule has 0 radical (unpaired) electrons. The third-order valence-corrected chi connectivity index (χ3v) is 3.99. The zero-order valence-electron chi connectivity index (χ0n) is 13.3. The van der Waals surface area contributed by atoms with Gasteiger partial charge in [-0.3, -0.25) is 4.79 Å². The number of amides is 1. The van der Waals surface area contributed by atoms with Gasteiger partial charge < -0.3 is 15.2 Å². The summed E-state index contributed by atoms with van der Waals surface area (Å²) >= 11 is 0. The first-order valence-corrected chi connectivity index (χ1v) is 7.82. The molecule has 118 valence electrons. The third-order valence-electron chi connectivity index (χ3n) is 3.99. The summed E-state index contributed by atoms with van der Waals surface area (Å²) in [6, 6.07) is 18.2. The fourth-order valence-electron chi connectivity index (χ4n) is 2.69. The smallest absolute Gasteiger partial charge is 0.224 e. The first-order valence-electron chi connectivity index (χ1n) is 7.82. The van der Waals surface area contributed by atoms with E-state index in [9.17, 15) is 4.79 Å². The van der Waals surface area contributed by atoms with Gasteiger partial charge in [-0.25, -0.2) is 0 Å². The lowest BCUT2D eigenvalue weighted by Gasteiger charge is -2.19. The Hall–Kier alpha value is -2.75. The zero-order valence-corrected chi connectivity index (χ0v) is 13.3. The number of hydrogen-bond donors (Lipinski definition) is 2. The molecule has 3 aromatic rings. The maximum absolute atomic E-state index is 12.1. The number of fused-ring (bicyclic) bond motifs is 1. The van der Waals surface area contributed by atoms with E-state index in [2.05, 4.69) is 27.3 Å². The van der Waals surface area contributed by atoms with Crippen molar-refractivity contribution in [3.8, 4) is 0 Å². The number of carbonyl (C=O) groups excluding carboxylic acids is 1. The van der Waals surface area contributed by atoms with Gasteiger partial charge in [-0.1, -0.05) is 36.4 Å². The molecule has 0 atom stereocenters. The number of nitrogens with one attached hydrogen (secondary N) is 2. The molecule has 0 unspecified atom stereocenters. The molecule has 0 bridgehead atoms. The maximum atomic E-state index is 12.1. The minimum atomic E-state index is 0.0521. The molecule has 3 rings (SSSR count). The van der Waals surface area contributed by atoms with Crippen molar-refractivity contribution in [2.45, 2.75) is 6.42 Å². The lowest BCUT2D eigenvalue weighted by atomic mass is 10.1. The SMILES string of the molecule is CN(CCNC(=O)Cc1c[nH]c2ccccc12)c1ccccc1. The summed E-state index contributed by atoms with van der Waals surface area (Å²) in [5.74, 6) is 0.0521. The molecule has 2 N–H and O–H groups in total. The van der Waals surface area contributed by atoms with E-state index in [1.807, 2.05) is 55.7 Å². The van der Waals surface area contributed by atoms with Crippen LogP contribution in [0.3, 0.4) is 0 Å². The number of benzene rings is 2. The van der Waals surface area contributed by atoms with Gasteiger partial charge in [0.05, 0.1) is 6.42 Å². The molecule has 4 nitrogen and oxygen atoms in total. The Morgan fingerprint density at radius 3 is 2.65 bits per heavy atom. The van der Waals surface area contributed by atoms with E-state index in [4.69, 9.17) is 0 Å². The second-order valence-corrected chi connectivity index (χ2v) is 5.64. The van der Waals surface area contributed by atoms with Crippen molar-refractivity contribution in [1.29, 1.82) is 0 Å². The van der Waals surface area contributed by atoms with Gasteiger partial charge in [0, 0.05) is 42.9 Å².